The van der Waals surface area contributed by atoms with E-state index in [9.17, 15) is 0 Å². The van der Waals surface area contributed by atoms with E-state index < -0.39 is 0 Å². The van der Waals surface area contributed by atoms with Crippen molar-refractivity contribution in [1.82, 2.24) is 10.2 Å². The molecule has 0 bridgehead atoms. The van der Waals surface area contributed by atoms with Gasteiger partial charge in [-0.25, -0.2) is 0 Å². The molecule has 3 atom stereocenters. The van der Waals surface area contributed by atoms with E-state index >= 15 is 0 Å². The highest BCUT2D eigenvalue weighted by Gasteiger charge is 2.28. The van der Waals surface area contributed by atoms with Crippen LogP contribution in [0.2, 0.25) is 0 Å². The van der Waals surface area contributed by atoms with Crippen molar-refractivity contribution in [1.29, 1.82) is 0 Å². The summed E-state index contributed by atoms with van der Waals surface area (Å²) in [5, 5.41) is 3.57. The Labute approximate surface area is 112 Å². The van der Waals surface area contributed by atoms with Gasteiger partial charge >= 0.3 is 0 Å². The molecule has 1 rings (SSSR count). The maximum absolute atomic E-state index is 5.79. The van der Waals surface area contributed by atoms with Crippen molar-refractivity contribution in [2.75, 3.05) is 33.4 Å². The molecule has 18 heavy (non-hydrogen) atoms. The molecule has 4 heteroatoms. The first kappa shape index (κ1) is 15.9. The Morgan fingerprint density at radius 3 is 2.28 bits per heavy atom. The number of nitrogens with one attached hydrogen (secondary N) is 1. The minimum atomic E-state index is 0.148. The van der Waals surface area contributed by atoms with Gasteiger partial charge in [-0.3, -0.25) is 4.90 Å². The second kappa shape index (κ2) is 6.85. The fourth-order valence-electron chi connectivity index (χ4n) is 2.43. The number of nitrogens with zero attached hydrogens (tertiary/aromatic N) is 1. The van der Waals surface area contributed by atoms with Gasteiger partial charge in [-0.2, -0.15) is 0 Å². The molecule has 0 aliphatic carbocycles. The minimum absolute atomic E-state index is 0.148. The second-order valence-electron chi connectivity index (χ2n) is 6.45. The van der Waals surface area contributed by atoms with Gasteiger partial charge in [0.25, 0.3) is 0 Å². The molecule has 1 N–H and O–H groups in total. The minimum Gasteiger partial charge on any atom is -0.383 e. The van der Waals surface area contributed by atoms with Crippen LogP contribution in [0, 0.1) is 0 Å². The Morgan fingerprint density at radius 2 is 1.83 bits per heavy atom. The van der Waals surface area contributed by atoms with Gasteiger partial charge in [-0.15, -0.1) is 0 Å². The number of ether oxygens (including phenoxy) is 2. The van der Waals surface area contributed by atoms with Crippen molar-refractivity contribution in [2.45, 2.75) is 58.4 Å². The fraction of sp³-hybridized carbons (Fsp3) is 1.00. The molecule has 1 saturated heterocycles. The fourth-order valence-corrected chi connectivity index (χ4v) is 2.43. The Balaban J connectivity index is 2.54. The smallest absolute Gasteiger partial charge is 0.0678 e. The third kappa shape index (κ3) is 5.65. The molecule has 0 amide bonds. The zero-order valence-electron chi connectivity index (χ0n) is 12.8. The van der Waals surface area contributed by atoms with E-state index in [0.717, 1.165) is 26.2 Å². The predicted molar refractivity (Wildman–Crippen MR) is 75.0 cm³/mol. The van der Waals surface area contributed by atoms with E-state index in [1.807, 2.05) is 0 Å². The number of hydrogen-bond acceptors (Lipinski definition) is 4. The van der Waals surface area contributed by atoms with Crippen LogP contribution in [0.25, 0.3) is 0 Å². The summed E-state index contributed by atoms with van der Waals surface area (Å²) >= 11 is 0. The molecule has 1 unspecified atom stereocenters. The molecule has 1 fully saturated rings. The van der Waals surface area contributed by atoms with Crippen LogP contribution in [0.5, 0.6) is 0 Å². The molecule has 0 aromatic rings. The number of morpholine rings is 1. The predicted octanol–water partition coefficient (Wildman–Crippen LogP) is 1.50. The SMILES string of the molecule is COCC(CNC(C)(C)C)N1C[C@@H](C)O[C@@H](C)C1. The lowest BCUT2D eigenvalue weighted by Crippen LogP contribution is -2.56. The van der Waals surface area contributed by atoms with E-state index in [2.05, 4.69) is 44.8 Å². The third-order valence-corrected chi connectivity index (χ3v) is 3.19. The third-order valence-electron chi connectivity index (χ3n) is 3.19. The molecular weight excluding hydrogens is 228 g/mol. The first-order chi connectivity index (χ1) is 8.31. The molecule has 0 spiro atoms. The molecule has 0 saturated carbocycles. The Kier molecular flexibility index (Phi) is 6.05. The van der Waals surface area contributed by atoms with Gasteiger partial charge < -0.3 is 14.8 Å². The van der Waals surface area contributed by atoms with Crippen molar-refractivity contribution >= 4 is 0 Å². The molecule has 0 aromatic heterocycles. The van der Waals surface area contributed by atoms with Crippen LogP contribution in [0.3, 0.4) is 0 Å². The average molecular weight is 258 g/mol. The van der Waals surface area contributed by atoms with Gasteiger partial charge in [-0.05, 0) is 34.6 Å². The number of rotatable bonds is 5. The maximum Gasteiger partial charge on any atom is 0.0678 e. The van der Waals surface area contributed by atoms with Crippen LogP contribution in [-0.4, -0.2) is 62.0 Å². The zero-order chi connectivity index (χ0) is 13.8. The van der Waals surface area contributed by atoms with E-state index in [1.165, 1.54) is 0 Å². The Bertz CT molecular complexity index is 230. The standard InChI is InChI=1S/C14H30N2O2/c1-11-8-16(9-12(2)18-11)13(10-17-6)7-15-14(3,4)5/h11-13,15H,7-10H2,1-6H3/t11-,12+,13?. The molecule has 1 aliphatic rings. The van der Waals surface area contributed by atoms with Crippen LogP contribution < -0.4 is 5.32 Å². The van der Waals surface area contributed by atoms with Gasteiger partial charge in [0.2, 0.25) is 0 Å². The second-order valence-corrected chi connectivity index (χ2v) is 6.45. The molecule has 1 aliphatic heterocycles. The van der Waals surface area contributed by atoms with Crippen molar-refractivity contribution in [3.05, 3.63) is 0 Å². The summed E-state index contributed by atoms with van der Waals surface area (Å²) in [4.78, 5) is 2.49. The average Bonchev–Trinajstić information content (AvgIpc) is 2.21. The molecule has 108 valence electrons. The quantitative estimate of drug-likeness (QED) is 0.810. The van der Waals surface area contributed by atoms with Crippen molar-refractivity contribution in [2.24, 2.45) is 0 Å². The molecule has 0 aromatic carbocycles. The van der Waals surface area contributed by atoms with Gasteiger partial charge in [0.15, 0.2) is 0 Å². The van der Waals surface area contributed by atoms with E-state index in [-0.39, 0.29) is 5.54 Å². The molecule has 1 heterocycles. The first-order valence-electron chi connectivity index (χ1n) is 6.95. The largest absolute Gasteiger partial charge is 0.383 e. The number of methoxy groups -OCH3 is 1. The van der Waals surface area contributed by atoms with E-state index in [4.69, 9.17) is 9.47 Å². The monoisotopic (exact) mass is 258 g/mol. The molecule has 0 radical (unpaired) electrons. The number of hydrogen-bond donors (Lipinski definition) is 1. The highest BCUT2D eigenvalue weighted by molar-refractivity contribution is 4.83. The molecule has 4 nitrogen and oxygen atoms in total. The van der Waals surface area contributed by atoms with Crippen molar-refractivity contribution in [3.8, 4) is 0 Å². The first-order valence-corrected chi connectivity index (χ1v) is 6.95. The van der Waals surface area contributed by atoms with Gasteiger partial charge in [0.05, 0.1) is 18.8 Å². The summed E-state index contributed by atoms with van der Waals surface area (Å²) in [6.07, 6.45) is 0.616. The summed E-state index contributed by atoms with van der Waals surface area (Å²) in [6, 6.07) is 0.419. The van der Waals surface area contributed by atoms with Crippen LogP contribution in [0.1, 0.15) is 34.6 Å². The van der Waals surface area contributed by atoms with Crippen molar-refractivity contribution in [3.63, 3.8) is 0 Å². The summed E-state index contributed by atoms with van der Waals surface area (Å²) in [6.45, 7) is 14.6. The normalized spacial score (nSPS) is 28.3. The molecular formula is C14H30N2O2. The Hall–Kier alpha value is -0.160. The Morgan fingerprint density at radius 1 is 1.28 bits per heavy atom. The lowest BCUT2D eigenvalue weighted by Gasteiger charge is -2.40. The van der Waals surface area contributed by atoms with E-state index in [0.29, 0.717) is 18.2 Å². The summed E-state index contributed by atoms with van der Waals surface area (Å²) < 4.78 is 11.2. The van der Waals surface area contributed by atoms with Crippen LogP contribution in [-0.2, 0) is 9.47 Å². The van der Waals surface area contributed by atoms with Gasteiger partial charge in [0, 0.05) is 38.3 Å². The van der Waals surface area contributed by atoms with Gasteiger partial charge in [-0.1, -0.05) is 0 Å². The summed E-state index contributed by atoms with van der Waals surface area (Å²) in [5.41, 5.74) is 0.148. The summed E-state index contributed by atoms with van der Waals surface area (Å²) in [7, 11) is 1.78. The van der Waals surface area contributed by atoms with E-state index in [1.54, 1.807) is 7.11 Å². The highest BCUT2D eigenvalue weighted by Crippen LogP contribution is 2.14. The highest BCUT2D eigenvalue weighted by atomic mass is 16.5. The lowest BCUT2D eigenvalue weighted by atomic mass is 10.1. The summed E-state index contributed by atoms with van der Waals surface area (Å²) in [5.74, 6) is 0. The van der Waals surface area contributed by atoms with Crippen LogP contribution in [0.15, 0.2) is 0 Å². The topological polar surface area (TPSA) is 33.7 Å². The van der Waals surface area contributed by atoms with Crippen LogP contribution in [0.4, 0.5) is 0 Å². The van der Waals surface area contributed by atoms with Gasteiger partial charge in [0.1, 0.15) is 0 Å². The maximum atomic E-state index is 5.79. The van der Waals surface area contributed by atoms with Crippen LogP contribution >= 0.6 is 0 Å². The van der Waals surface area contributed by atoms with Crippen molar-refractivity contribution < 1.29 is 9.47 Å². The lowest BCUT2D eigenvalue weighted by molar-refractivity contribution is -0.0875. The zero-order valence-corrected chi connectivity index (χ0v) is 12.8.